The van der Waals surface area contributed by atoms with Crippen molar-refractivity contribution >= 4 is 15.9 Å². The molecule has 0 spiro atoms. The first-order chi connectivity index (χ1) is 8.08. The largest absolute Gasteiger partial charge is 0.387 e. The zero-order valence-electron chi connectivity index (χ0n) is 9.40. The minimum atomic E-state index is -0.552. The summed E-state index contributed by atoms with van der Waals surface area (Å²) in [6.45, 7) is 2.12. The van der Waals surface area contributed by atoms with Gasteiger partial charge in [-0.05, 0) is 31.2 Å². The molecular formula is C13H13BrFNO. The van der Waals surface area contributed by atoms with Crippen LogP contribution in [0.4, 0.5) is 4.39 Å². The van der Waals surface area contributed by atoms with Crippen LogP contribution in [0.5, 0.6) is 0 Å². The van der Waals surface area contributed by atoms with Crippen molar-refractivity contribution in [1.29, 1.82) is 0 Å². The van der Waals surface area contributed by atoms with Gasteiger partial charge in [0.2, 0.25) is 0 Å². The highest BCUT2D eigenvalue weighted by molar-refractivity contribution is 9.10. The van der Waals surface area contributed by atoms with Crippen LogP contribution in [0, 0.1) is 5.82 Å². The summed E-state index contributed by atoms with van der Waals surface area (Å²) in [6, 6.07) is 8.68. The summed E-state index contributed by atoms with van der Waals surface area (Å²) in [6.07, 6.45) is 1.28. The smallest absolute Gasteiger partial charge is 0.129 e. The Morgan fingerprint density at radius 2 is 2.18 bits per heavy atom. The molecule has 90 valence electrons. The van der Waals surface area contributed by atoms with Crippen LogP contribution in [-0.4, -0.2) is 9.67 Å². The second-order valence-corrected chi connectivity index (χ2v) is 4.89. The van der Waals surface area contributed by atoms with Crippen molar-refractivity contribution in [3.8, 4) is 0 Å². The molecule has 2 nitrogen and oxygen atoms in total. The van der Waals surface area contributed by atoms with Gasteiger partial charge < -0.3 is 9.67 Å². The van der Waals surface area contributed by atoms with Gasteiger partial charge in [-0.2, -0.15) is 0 Å². The molecule has 0 saturated heterocycles. The molecule has 2 rings (SSSR count). The molecule has 0 radical (unpaired) electrons. The number of aromatic nitrogens is 1. The molecule has 1 heterocycles. The zero-order valence-corrected chi connectivity index (χ0v) is 11.0. The van der Waals surface area contributed by atoms with Gasteiger partial charge in [-0.15, -0.1) is 0 Å². The van der Waals surface area contributed by atoms with Crippen molar-refractivity contribution < 1.29 is 9.50 Å². The summed E-state index contributed by atoms with van der Waals surface area (Å²) in [5, 5.41) is 9.56. The van der Waals surface area contributed by atoms with Gasteiger partial charge in [0.25, 0.3) is 0 Å². The number of aliphatic hydroxyl groups excluding tert-OH is 1. The Labute approximate surface area is 108 Å². The molecule has 1 aromatic heterocycles. The first-order valence-corrected chi connectivity index (χ1v) is 6.14. The fourth-order valence-corrected chi connectivity index (χ4v) is 2.12. The molecule has 0 bridgehead atoms. The zero-order chi connectivity index (χ0) is 12.4. The van der Waals surface area contributed by atoms with Crippen molar-refractivity contribution in [2.24, 2.45) is 0 Å². The third-order valence-corrected chi connectivity index (χ3v) is 3.14. The number of benzene rings is 1. The highest BCUT2D eigenvalue weighted by Gasteiger charge is 2.09. The highest BCUT2D eigenvalue weighted by atomic mass is 79.9. The monoisotopic (exact) mass is 297 g/mol. The van der Waals surface area contributed by atoms with Crippen LogP contribution in [0.15, 0.2) is 41.0 Å². The molecule has 1 unspecified atom stereocenters. The standard InChI is InChI=1S/C13H13BrFNO/c1-9(17)13-3-2-6-16(13)8-10-4-5-11(14)7-12(10)15/h2-7,9,17H,8H2,1H3. The molecule has 2 aromatic rings. The van der Waals surface area contributed by atoms with E-state index in [2.05, 4.69) is 15.9 Å². The van der Waals surface area contributed by atoms with Gasteiger partial charge in [0.1, 0.15) is 5.82 Å². The molecule has 1 atom stereocenters. The lowest BCUT2D eigenvalue weighted by Crippen LogP contribution is -2.07. The van der Waals surface area contributed by atoms with E-state index >= 15 is 0 Å². The SMILES string of the molecule is CC(O)c1cccn1Cc1ccc(Br)cc1F. The number of halogens is 2. The summed E-state index contributed by atoms with van der Waals surface area (Å²) >= 11 is 3.23. The maximum atomic E-state index is 13.7. The number of hydrogen-bond acceptors (Lipinski definition) is 1. The normalized spacial score (nSPS) is 12.7. The molecule has 0 fully saturated rings. The molecule has 1 N–H and O–H groups in total. The average molecular weight is 298 g/mol. The number of aliphatic hydroxyl groups is 1. The van der Waals surface area contributed by atoms with Crippen LogP contribution >= 0.6 is 15.9 Å². The lowest BCUT2D eigenvalue weighted by atomic mass is 10.2. The Morgan fingerprint density at radius 3 is 2.82 bits per heavy atom. The number of rotatable bonds is 3. The fraction of sp³-hybridized carbons (Fsp3) is 0.231. The maximum Gasteiger partial charge on any atom is 0.129 e. The van der Waals surface area contributed by atoms with Gasteiger partial charge in [-0.25, -0.2) is 4.39 Å². The van der Waals surface area contributed by atoms with E-state index in [4.69, 9.17) is 0 Å². The Balaban J connectivity index is 2.28. The van der Waals surface area contributed by atoms with Gasteiger partial charge in [0.15, 0.2) is 0 Å². The molecular weight excluding hydrogens is 285 g/mol. The van der Waals surface area contributed by atoms with Crippen molar-refractivity contribution in [3.05, 3.63) is 58.1 Å². The fourth-order valence-electron chi connectivity index (χ4n) is 1.78. The molecule has 0 aliphatic rings. The van der Waals surface area contributed by atoms with E-state index in [0.717, 1.165) is 10.2 Å². The number of nitrogens with zero attached hydrogens (tertiary/aromatic N) is 1. The predicted octanol–water partition coefficient (Wildman–Crippen LogP) is 3.49. The van der Waals surface area contributed by atoms with E-state index in [1.165, 1.54) is 6.07 Å². The molecule has 1 aromatic carbocycles. The average Bonchev–Trinajstić information content (AvgIpc) is 2.70. The topological polar surface area (TPSA) is 25.2 Å². The Bertz CT molecular complexity index is 522. The summed E-state index contributed by atoms with van der Waals surface area (Å²) in [5.74, 6) is -0.246. The second kappa shape index (κ2) is 5.02. The first-order valence-electron chi connectivity index (χ1n) is 5.35. The van der Waals surface area contributed by atoms with Gasteiger partial charge in [-0.3, -0.25) is 0 Å². The van der Waals surface area contributed by atoms with Crippen LogP contribution < -0.4 is 0 Å². The van der Waals surface area contributed by atoms with Gasteiger partial charge >= 0.3 is 0 Å². The minimum Gasteiger partial charge on any atom is -0.387 e. The summed E-state index contributed by atoms with van der Waals surface area (Å²) in [4.78, 5) is 0. The van der Waals surface area contributed by atoms with Gasteiger partial charge in [0, 0.05) is 21.9 Å². The third-order valence-electron chi connectivity index (χ3n) is 2.65. The van der Waals surface area contributed by atoms with Crippen molar-refractivity contribution in [2.75, 3.05) is 0 Å². The van der Waals surface area contributed by atoms with E-state index in [0.29, 0.717) is 12.1 Å². The van der Waals surface area contributed by atoms with E-state index < -0.39 is 6.10 Å². The molecule has 4 heteroatoms. The van der Waals surface area contributed by atoms with Crippen LogP contribution in [0.2, 0.25) is 0 Å². The Kier molecular flexibility index (Phi) is 3.64. The van der Waals surface area contributed by atoms with E-state index in [1.807, 2.05) is 29.0 Å². The second-order valence-electron chi connectivity index (χ2n) is 3.97. The molecule has 17 heavy (non-hydrogen) atoms. The van der Waals surface area contributed by atoms with Gasteiger partial charge in [-0.1, -0.05) is 22.0 Å². The van der Waals surface area contributed by atoms with Crippen LogP contribution in [0.1, 0.15) is 24.3 Å². The summed E-state index contributed by atoms with van der Waals surface area (Å²) in [5.41, 5.74) is 1.39. The Hall–Kier alpha value is -1.13. The summed E-state index contributed by atoms with van der Waals surface area (Å²) < 4.78 is 16.2. The maximum absolute atomic E-state index is 13.7. The minimum absolute atomic E-state index is 0.246. The first kappa shape index (κ1) is 12.3. The number of hydrogen-bond donors (Lipinski definition) is 1. The van der Waals surface area contributed by atoms with E-state index in [-0.39, 0.29) is 5.82 Å². The van der Waals surface area contributed by atoms with E-state index in [1.54, 1.807) is 13.0 Å². The lowest BCUT2D eigenvalue weighted by Gasteiger charge is -2.12. The lowest BCUT2D eigenvalue weighted by molar-refractivity contribution is 0.189. The van der Waals surface area contributed by atoms with Crippen LogP contribution in [-0.2, 0) is 6.54 Å². The Morgan fingerprint density at radius 1 is 1.41 bits per heavy atom. The third kappa shape index (κ3) is 2.76. The molecule has 0 amide bonds. The molecule has 0 aliphatic carbocycles. The highest BCUT2D eigenvalue weighted by Crippen LogP contribution is 2.19. The van der Waals surface area contributed by atoms with Crippen molar-refractivity contribution in [3.63, 3.8) is 0 Å². The van der Waals surface area contributed by atoms with Crippen molar-refractivity contribution in [1.82, 2.24) is 4.57 Å². The van der Waals surface area contributed by atoms with E-state index in [9.17, 15) is 9.50 Å². The molecule has 0 saturated carbocycles. The summed E-state index contributed by atoms with van der Waals surface area (Å²) in [7, 11) is 0. The van der Waals surface area contributed by atoms with Crippen molar-refractivity contribution in [2.45, 2.75) is 19.6 Å². The van der Waals surface area contributed by atoms with Crippen LogP contribution in [0.3, 0.4) is 0 Å². The van der Waals surface area contributed by atoms with Gasteiger partial charge in [0.05, 0.1) is 12.6 Å². The molecule has 0 aliphatic heterocycles. The quantitative estimate of drug-likeness (QED) is 0.922. The predicted molar refractivity (Wildman–Crippen MR) is 68.3 cm³/mol. The van der Waals surface area contributed by atoms with Crippen LogP contribution in [0.25, 0.3) is 0 Å².